The van der Waals surface area contributed by atoms with Gasteiger partial charge in [0, 0.05) is 22.9 Å². The normalized spacial score (nSPS) is 18.9. The summed E-state index contributed by atoms with van der Waals surface area (Å²) in [5, 5.41) is 15.1. The van der Waals surface area contributed by atoms with Crippen LogP contribution in [0, 0.1) is 11.3 Å². The number of aliphatic imine (C=N–C) groups is 1. The van der Waals surface area contributed by atoms with Gasteiger partial charge in [0.1, 0.15) is 10.2 Å². The molecular formula is C20H14ClN5OS. The van der Waals surface area contributed by atoms with E-state index in [9.17, 15) is 4.79 Å². The highest BCUT2D eigenvalue weighted by molar-refractivity contribution is 7.10. The first-order valence-corrected chi connectivity index (χ1v) is 9.74. The number of benzene rings is 1. The highest BCUT2D eigenvalue weighted by Crippen LogP contribution is 2.38. The van der Waals surface area contributed by atoms with Gasteiger partial charge in [0.15, 0.2) is 0 Å². The van der Waals surface area contributed by atoms with Crippen molar-refractivity contribution < 1.29 is 4.79 Å². The second kappa shape index (κ2) is 7.50. The van der Waals surface area contributed by atoms with E-state index < -0.39 is 0 Å². The van der Waals surface area contributed by atoms with E-state index in [0.717, 1.165) is 21.8 Å². The van der Waals surface area contributed by atoms with E-state index >= 15 is 0 Å². The number of hydrogen-bond acceptors (Lipinski definition) is 5. The summed E-state index contributed by atoms with van der Waals surface area (Å²) in [6, 6.07) is 12.3. The molecule has 0 saturated carbocycles. The van der Waals surface area contributed by atoms with Gasteiger partial charge in [0.25, 0.3) is 0 Å². The molecule has 2 unspecified atom stereocenters. The average Bonchev–Trinajstić information content (AvgIpc) is 3.17. The number of nitrogens with one attached hydrogen (secondary N) is 1. The molecule has 4 rings (SSSR count). The van der Waals surface area contributed by atoms with Gasteiger partial charge in [-0.2, -0.15) is 5.26 Å². The smallest absolute Gasteiger partial charge is 0.328 e. The molecule has 1 N–H and O–H groups in total. The quantitative estimate of drug-likeness (QED) is 0.635. The van der Waals surface area contributed by atoms with E-state index in [2.05, 4.69) is 21.4 Å². The van der Waals surface area contributed by atoms with Crippen molar-refractivity contribution in [2.45, 2.75) is 18.9 Å². The van der Waals surface area contributed by atoms with E-state index in [1.165, 1.54) is 11.3 Å². The first-order chi connectivity index (χ1) is 13.5. The van der Waals surface area contributed by atoms with Crippen LogP contribution in [0.4, 0.5) is 4.79 Å². The Bertz CT molecular complexity index is 1120. The van der Waals surface area contributed by atoms with Crippen molar-refractivity contribution in [1.29, 1.82) is 5.26 Å². The van der Waals surface area contributed by atoms with Crippen molar-refractivity contribution in [2.24, 2.45) is 4.99 Å². The maximum Gasteiger partial charge on any atom is 0.341 e. The average molecular weight is 408 g/mol. The Kier molecular flexibility index (Phi) is 4.90. The number of hydrogen-bond donors (Lipinski definition) is 1. The molecule has 0 spiro atoms. The Balaban J connectivity index is 1.72. The number of carbonyl (C=O) groups excluding carboxylic acids is 1. The van der Waals surface area contributed by atoms with Gasteiger partial charge in [-0.25, -0.2) is 19.8 Å². The van der Waals surface area contributed by atoms with Gasteiger partial charge in [-0.15, -0.1) is 11.3 Å². The predicted octanol–water partition coefficient (Wildman–Crippen LogP) is 4.74. The SMILES string of the molecule is CC1=NC(=O)NC(c2ccnc(Cl)c2)C1c1nc(-c2ccc(C#N)cc2)cs1. The lowest BCUT2D eigenvalue weighted by atomic mass is 9.89. The van der Waals surface area contributed by atoms with Gasteiger partial charge < -0.3 is 5.32 Å². The fourth-order valence-corrected chi connectivity index (χ4v) is 4.41. The third kappa shape index (κ3) is 3.52. The maximum atomic E-state index is 12.0. The number of urea groups is 1. The van der Waals surface area contributed by atoms with Gasteiger partial charge in [-0.05, 0) is 36.8 Å². The summed E-state index contributed by atoms with van der Waals surface area (Å²) in [5.74, 6) is -0.201. The van der Waals surface area contributed by atoms with Crippen molar-refractivity contribution in [3.8, 4) is 17.3 Å². The monoisotopic (exact) mass is 407 g/mol. The molecule has 0 saturated heterocycles. The Hall–Kier alpha value is -3.08. The molecule has 3 heterocycles. The molecule has 8 heteroatoms. The fourth-order valence-electron chi connectivity index (χ4n) is 3.21. The number of aromatic nitrogens is 2. The number of nitrogens with zero attached hydrogens (tertiary/aromatic N) is 4. The molecule has 1 aromatic carbocycles. The number of rotatable bonds is 3. The number of nitriles is 1. The van der Waals surface area contributed by atoms with Gasteiger partial charge >= 0.3 is 6.03 Å². The molecule has 3 aromatic rings. The molecule has 1 aliphatic heterocycles. The molecule has 1 aliphatic rings. The van der Waals surface area contributed by atoms with Crippen LogP contribution in [0.2, 0.25) is 5.15 Å². The zero-order chi connectivity index (χ0) is 19.7. The van der Waals surface area contributed by atoms with E-state index in [-0.39, 0.29) is 18.0 Å². The molecule has 2 aromatic heterocycles. The largest absolute Gasteiger partial charge is 0.341 e. The van der Waals surface area contributed by atoms with Gasteiger partial charge in [0.05, 0.1) is 29.3 Å². The lowest BCUT2D eigenvalue weighted by Crippen LogP contribution is -2.38. The summed E-state index contributed by atoms with van der Waals surface area (Å²) in [7, 11) is 0. The standard InChI is InChI=1S/C20H14ClN5OS/c1-11-17(18(26-20(27)24-11)14-6-7-23-16(21)8-14)19-25-15(10-28-19)13-4-2-12(9-22)3-5-13/h2-8,10,17-18H,1H3,(H,26,27). The summed E-state index contributed by atoms with van der Waals surface area (Å²) in [5.41, 5.74) is 3.90. The third-order valence-corrected chi connectivity index (χ3v) is 5.68. The Labute approximate surface area is 170 Å². The topological polar surface area (TPSA) is 91.0 Å². The van der Waals surface area contributed by atoms with Crippen LogP contribution in [0.1, 0.15) is 35.0 Å². The number of carbonyl (C=O) groups is 1. The second-order valence-corrected chi connectivity index (χ2v) is 7.61. The van der Waals surface area contributed by atoms with Gasteiger partial charge in [-0.3, -0.25) is 0 Å². The zero-order valence-electron chi connectivity index (χ0n) is 14.8. The van der Waals surface area contributed by atoms with Crippen LogP contribution >= 0.6 is 22.9 Å². The second-order valence-electron chi connectivity index (χ2n) is 6.33. The highest BCUT2D eigenvalue weighted by atomic mass is 35.5. The maximum absolute atomic E-state index is 12.0. The minimum absolute atomic E-state index is 0.201. The Morgan fingerprint density at radius 3 is 2.75 bits per heavy atom. The molecule has 138 valence electrons. The summed E-state index contributed by atoms with van der Waals surface area (Å²) >= 11 is 7.56. The summed E-state index contributed by atoms with van der Waals surface area (Å²) in [6.07, 6.45) is 1.62. The predicted molar refractivity (Wildman–Crippen MR) is 109 cm³/mol. The van der Waals surface area contributed by atoms with Crippen molar-refractivity contribution >= 4 is 34.7 Å². The van der Waals surface area contributed by atoms with E-state index in [4.69, 9.17) is 21.8 Å². The van der Waals surface area contributed by atoms with Crippen molar-refractivity contribution in [3.63, 3.8) is 0 Å². The fraction of sp³-hybridized carbons (Fsp3) is 0.150. The first kappa shape index (κ1) is 18.3. The molecule has 0 bridgehead atoms. The summed E-state index contributed by atoms with van der Waals surface area (Å²) in [6.45, 7) is 1.84. The number of pyridine rings is 1. The van der Waals surface area contributed by atoms with Crippen LogP contribution < -0.4 is 5.32 Å². The molecule has 2 atom stereocenters. The summed E-state index contributed by atoms with van der Waals surface area (Å²) < 4.78 is 0. The van der Waals surface area contributed by atoms with Crippen LogP contribution in [0.3, 0.4) is 0 Å². The Morgan fingerprint density at radius 2 is 2.04 bits per heavy atom. The minimum Gasteiger partial charge on any atom is -0.328 e. The number of amides is 2. The summed E-state index contributed by atoms with van der Waals surface area (Å²) in [4.78, 5) is 24.9. The lowest BCUT2D eigenvalue weighted by molar-refractivity contribution is 0.243. The van der Waals surface area contributed by atoms with Crippen LogP contribution in [-0.2, 0) is 0 Å². The molecule has 6 nitrogen and oxygen atoms in total. The van der Waals surface area contributed by atoms with E-state index in [1.807, 2.05) is 30.5 Å². The van der Waals surface area contributed by atoms with Crippen molar-refractivity contribution in [3.05, 3.63) is 69.3 Å². The minimum atomic E-state index is -0.379. The van der Waals surface area contributed by atoms with Crippen LogP contribution in [0.15, 0.2) is 53.0 Å². The van der Waals surface area contributed by atoms with Gasteiger partial charge in [0.2, 0.25) is 0 Å². The number of halogens is 1. The van der Waals surface area contributed by atoms with Crippen LogP contribution in [0.25, 0.3) is 11.3 Å². The zero-order valence-corrected chi connectivity index (χ0v) is 16.3. The van der Waals surface area contributed by atoms with Crippen LogP contribution in [-0.4, -0.2) is 21.7 Å². The molecule has 0 radical (unpaired) electrons. The molecule has 28 heavy (non-hydrogen) atoms. The molecule has 0 aliphatic carbocycles. The first-order valence-electron chi connectivity index (χ1n) is 8.48. The van der Waals surface area contributed by atoms with Gasteiger partial charge in [-0.1, -0.05) is 23.7 Å². The van der Waals surface area contributed by atoms with E-state index in [1.54, 1.807) is 24.4 Å². The van der Waals surface area contributed by atoms with Crippen LogP contribution in [0.5, 0.6) is 0 Å². The molecule has 2 amide bonds. The third-order valence-electron chi connectivity index (χ3n) is 4.55. The molecular weight excluding hydrogens is 394 g/mol. The van der Waals surface area contributed by atoms with Crippen molar-refractivity contribution in [1.82, 2.24) is 15.3 Å². The number of thiazole rings is 1. The van der Waals surface area contributed by atoms with E-state index in [0.29, 0.717) is 16.4 Å². The highest BCUT2D eigenvalue weighted by Gasteiger charge is 2.35. The lowest BCUT2D eigenvalue weighted by Gasteiger charge is -2.30. The Morgan fingerprint density at radius 1 is 1.25 bits per heavy atom. The van der Waals surface area contributed by atoms with Crippen molar-refractivity contribution in [2.75, 3.05) is 0 Å². The molecule has 0 fully saturated rings.